The zero-order chi connectivity index (χ0) is 18.1. The molecule has 3 aliphatic heterocycles. The highest BCUT2D eigenvalue weighted by atomic mass is 16.5. The molecule has 5 heteroatoms. The predicted octanol–water partition coefficient (Wildman–Crippen LogP) is 2.73. The monoisotopic (exact) mass is 352 g/mol. The van der Waals surface area contributed by atoms with Gasteiger partial charge in [0.25, 0.3) is 0 Å². The van der Waals surface area contributed by atoms with Gasteiger partial charge in [0.2, 0.25) is 0 Å². The van der Waals surface area contributed by atoms with Gasteiger partial charge in [-0.15, -0.1) is 0 Å². The van der Waals surface area contributed by atoms with Gasteiger partial charge in [-0.25, -0.2) is 4.79 Å². The van der Waals surface area contributed by atoms with E-state index in [4.69, 9.17) is 4.74 Å². The van der Waals surface area contributed by atoms with Crippen molar-refractivity contribution in [1.82, 2.24) is 9.47 Å². The van der Waals surface area contributed by atoms with Gasteiger partial charge in [0.15, 0.2) is 0 Å². The van der Waals surface area contributed by atoms with Crippen LogP contribution in [0.4, 0.5) is 0 Å². The maximum Gasteiger partial charge on any atom is 0.354 e. The molecule has 0 aliphatic carbocycles. The largest absolute Gasteiger partial charge is 0.464 e. The van der Waals surface area contributed by atoms with Crippen molar-refractivity contribution in [3.63, 3.8) is 0 Å². The standard InChI is InChI=1S/C21H24N2O3/c1-3-21-12-16(20(25)26-2)23-15-7-5-4-6-13(15)14-8-10-22(11-9-17(21)24)19(21)18(14)23/h4-7,12,17,19,24H,3,8-11H2,1-2H3/t17-,19-,21-/m1/s1. The highest BCUT2D eigenvalue weighted by Crippen LogP contribution is 2.57. The summed E-state index contributed by atoms with van der Waals surface area (Å²) in [5, 5.41) is 12.2. The van der Waals surface area contributed by atoms with Crippen LogP contribution in [-0.4, -0.2) is 46.8 Å². The summed E-state index contributed by atoms with van der Waals surface area (Å²) in [6.07, 6.45) is 4.06. The van der Waals surface area contributed by atoms with Gasteiger partial charge >= 0.3 is 5.97 Å². The zero-order valence-corrected chi connectivity index (χ0v) is 15.2. The second-order valence-electron chi connectivity index (χ2n) is 7.70. The maximum absolute atomic E-state index is 12.7. The van der Waals surface area contributed by atoms with Gasteiger partial charge in [0, 0.05) is 29.6 Å². The van der Waals surface area contributed by atoms with Crippen LogP contribution < -0.4 is 0 Å². The number of ether oxygens (including phenoxy) is 1. The van der Waals surface area contributed by atoms with Crippen molar-refractivity contribution in [2.75, 3.05) is 20.2 Å². The quantitative estimate of drug-likeness (QED) is 0.845. The van der Waals surface area contributed by atoms with Crippen LogP contribution in [-0.2, 0) is 16.0 Å². The number of hydrogen-bond acceptors (Lipinski definition) is 4. The molecule has 26 heavy (non-hydrogen) atoms. The Morgan fingerprint density at radius 3 is 2.92 bits per heavy atom. The zero-order valence-electron chi connectivity index (χ0n) is 15.2. The number of aliphatic hydroxyl groups excluding tert-OH is 1. The van der Waals surface area contributed by atoms with Crippen molar-refractivity contribution in [1.29, 1.82) is 0 Å². The number of benzene rings is 1. The number of carbonyl (C=O) groups is 1. The van der Waals surface area contributed by atoms with Crippen molar-refractivity contribution < 1.29 is 14.6 Å². The van der Waals surface area contributed by atoms with Gasteiger partial charge < -0.3 is 14.4 Å². The van der Waals surface area contributed by atoms with Gasteiger partial charge in [-0.2, -0.15) is 0 Å². The molecule has 1 saturated heterocycles. The minimum absolute atomic E-state index is 0.112. The Kier molecular flexibility index (Phi) is 3.37. The molecule has 3 aliphatic rings. The number of esters is 1. The lowest BCUT2D eigenvalue weighted by atomic mass is 9.64. The predicted molar refractivity (Wildman–Crippen MR) is 99.6 cm³/mol. The Balaban J connectivity index is 1.90. The molecule has 0 saturated carbocycles. The molecule has 1 N–H and O–H groups in total. The van der Waals surface area contributed by atoms with Gasteiger partial charge in [0.1, 0.15) is 5.70 Å². The molecule has 0 radical (unpaired) electrons. The lowest BCUT2D eigenvalue weighted by Crippen LogP contribution is -2.57. The van der Waals surface area contributed by atoms with Gasteiger partial charge in [-0.1, -0.05) is 25.1 Å². The molecule has 136 valence electrons. The Bertz CT molecular complexity index is 944. The summed E-state index contributed by atoms with van der Waals surface area (Å²) in [5.41, 5.74) is 3.66. The van der Waals surface area contributed by atoms with Crippen LogP contribution in [0.2, 0.25) is 0 Å². The Morgan fingerprint density at radius 1 is 1.35 bits per heavy atom. The number of carbonyl (C=O) groups excluding carboxylic acids is 1. The summed E-state index contributed by atoms with van der Waals surface area (Å²) in [7, 11) is 1.43. The number of para-hydroxylation sites is 1. The Hall–Kier alpha value is -2.11. The number of hydrogen-bond donors (Lipinski definition) is 1. The molecular formula is C21H24N2O3. The van der Waals surface area contributed by atoms with Gasteiger partial charge in [-0.3, -0.25) is 4.90 Å². The van der Waals surface area contributed by atoms with E-state index in [9.17, 15) is 9.90 Å². The highest BCUT2D eigenvalue weighted by molar-refractivity contribution is 6.13. The first kappa shape index (κ1) is 16.1. The van der Waals surface area contributed by atoms with Crippen molar-refractivity contribution in [2.24, 2.45) is 5.41 Å². The molecule has 1 aromatic carbocycles. The van der Waals surface area contributed by atoms with E-state index in [1.54, 1.807) is 0 Å². The first-order valence-corrected chi connectivity index (χ1v) is 9.48. The minimum atomic E-state index is -0.453. The Morgan fingerprint density at radius 2 is 2.15 bits per heavy atom. The molecule has 5 nitrogen and oxygen atoms in total. The molecule has 3 atom stereocenters. The third kappa shape index (κ3) is 1.80. The first-order valence-electron chi connectivity index (χ1n) is 9.48. The van der Waals surface area contributed by atoms with E-state index in [0.717, 1.165) is 37.9 Å². The summed E-state index contributed by atoms with van der Waals surface area (Å²) in [6, 6.07) is 8.41. The Labute approximate surface area is 152 Å². The third-order valence-corrected chi connectivity index (χ3v) is 6.77. The van der Waals surface area contributed by atoms with Crippen LogP contribution in [0.15, 0.2) is 30.3 Å². The lowest BCUT2D eigenvalue weighted by molar-refractivity contribution is -0.134. The molecule has 0 unspecified atom stereocenters. The summed E-state index contributed by atoms with van der Waals surface area (Å²) in [4.78, 5) is 15.2. The number of methoxy groups -OCH3 is 1. The number of rotatable bonds is 2. The molecule has 4 heterocycles. The second-order valence-corrected chi connectivity index (χ2v) is 7.70. The number of piperidine rings is 1. The summed E-state index contributed by atoms with van der Waals surface area (Å²) >= 11 is 0. The molecular weight excluding hydrogens is 328 g/mol. The molecule has 5 rings (SSSR count). The fourth-order valence-electron chi connectivity index (χ4n) is 5.55. The van der Waals surface area contributed by atoms with E-state index in [1.807, 2.05) is 12.1 Å². The summed E-state index contributed by atoms with van der Waals surface area (Å²) in [5.74, 6) is -0.338. The van der Waals surface area contributed by atoms with Crippen molar-refractivity contribution in [3.8, 4) is 0 Å². The molecule has 2 aromatic rings. The third-order valence-electron chi connectivity index (χ3n) is 6.77. The normalized spacial score (nSPS) is 30.0. The fraction of sp³-hybridized carbons (Fsp3) is 0.476. The number of fused-ring (bicyclic) bond motifs is 3. The SMILES string of the molecule is CC[C@@]12C=C(C(=O)OC)n3c4c(c5ccccc53)CCN(CC[C@H]1O)[C@H]42. The van der Waals surface area contributed by atoms with Crippen LogP contribution in [0.3, 0.4) is 0 Å². The molecule has 0 amide bonds. The molecule has 0 bridgehead atoms. The van der Waals surface area contributed by atoms with Crippen molar-refractivity contribution in [2.45, 2.75) is 38.3 Å². The topological polar surface area (TPSA) is 54.7 Å². The van der Waals surface area contributed by atoms with Gasteiger partial charge in [0.05, 0.1) is 24.8 Å². The highest BCUT2D eigenvalue weighted by Gasteiger charge is 2.55. The number of aliphatic hydroxyl groups is 1. The molecule has 1 aromatic heterocycles. The average Bonchev–Trinajstić information content (AvgIpc) is 3.02. The van der Waals surface area contributed by atoms with E-state index in [1.165, 1.54) is 23.8 Å². The molecule has 0 spiro atoms. The van der Waals surface area contributed by atoms with Crippen LogP contribution in [0, 0.1) is 5.41 Å². The van der Waals surface area contributed by atoms with Crippen LogP contribution >= 0.6 is 0 Å². The van der Waals surface area contributed by atoms with Crippen LogP contribution in [0.1, 0.15) is 37.1 Å². The minimum Gasteiger partial charge on any atom is -0.464 e. The second kappa shape index (κ2) is 5.44. The first-order chi connectivity index (χ1) is 12.6. The average molecular weight is 352 g/mol. The van der Waals surface area contributed by atoms with Crippen molar-refractivity contribution in [3.05, 3.63) is 41.6 Å². The van der Waals surface area contributed by atoms with E-state index in [-0.39, 0.29) is 12.0 Å². The van der Waals surface area contributed by atoms with E-state index < -0.39 is 11.5 Å². The molecule has 1 fully saturated rings. The van der Waals surface area contributed by atoms with Crippen molar-refractivity contribution >= 4 is 22.6 Å². The van der Waals surface area contributed by atoms with Gasteiger partial charge in [-0.05, 0) is 37.0 Å². The van der Waals surface area contributed by atoms with E-state index in [2.05, 4.69) is 34.6 Å². The van der Waals surface area contributed by atoms with E-state index in [0.29, 0.717) is 5.70 Å². The van der Waals surface area contributed by atoms with Crippen LogP contribution in [0.5, 0.6) is 0 Å². The fourth-order valence-corrected chi connectivity index (χ4v) is 5.55. The number of nitrogens with zero attached hydrogens (tertiary/aromatic N) is 2. The number of aromatic nitrogens is 1. The maximum atomic E-state index is 12.7. The summed E-state index contributed by atoms with van der Waals surface area (Å²) in [6.45, 7) is 4.02. The van der Waals surface area contributed by atoms with E-state index >= 15 is 0 Å². The van der Waals surface area contributed by atoms with Crippen LogP contribution in [0.25, 0.3) is 16.6 Å². The lowest BCUT2D eigenvalue weighted by Gasteiger charge is -2.55. The smallest absolute Gasteiger partial charge is 0.354 e. The summed E-state index contributed by atoms with van der Waals surface area (Å²) < 4.78 is 7.23.